The van der Waals surface area contributed by atoms with E-state index in [1.807, 2.05) is 0 Å². The van der Waals surface area contributed by atoms with Gasteiger partial charge in [-0.25, -0.2) is 9.89 Å². The highest BCUT2D eigenvalue weighted by Gasteiger charge is 2.04. The molecule has 92 valence electrons. The SMILES string of the molecule is COCC(C)CNc1ccc2n[nH]c(=O)n2n1. The minimum Gasteiger partial charge on any atom is -0.384 e. The van der Waals surface area contributed by atoms with Gasteiger partial charge in [0.15, 0.2) is 5.65 Å². The molecule has 2 rings (SSSR count). The first-order chi connectivity index (χ1) is 8.20. The van der Waals surface area contributed by atoms with Gasteiger partial charge in [-0.3, -0.25) is 0 Å². The van der Waals surface area contributed by atoms with Crippen molar-refractivity contribution in [2.24, 2.45) is 5.92 Å². The van der Waals surface area contributed by atoms with E-state index < -0.39 is 0 Å². The molecule has 0 spiro atoms. The second-order valence-electron chi connectivity index (χ2n) is 3.96. The van der Waals surface area contributed by atoms with Gasteiger partial charge in [0.1, 0.15) is 5.82 Å². The van der Waals surface area contributed by atoms with E-state index >= 15 is 0 Å². The van der Waals surface area contributed by atoms with Gasteiger partial charge in [-0.05, 0) is 18.1 Å². The largest absolute Gasteiger partial charge is 0.384 e. The summed E-state index contributed by atoms with van der Waals surface area (Å²) in [5.74, 6) is 1.02. The van der Waals surface area contributed by atoms with E-state index in [9.17, 15) is 4.79 Å². The molecule has 2 aromatic heterocycles. The van der Waals surface area contributed by atoms with E-state index in [-0.39, 0.29) is 5.69 Å². The highest BCUT2D eigenvalue weighted by atomic mass is 16.5. The smallest absolute Gasteiger partial charge is 0.364 e. The van der Waals surface area contributed by atoms with Crippen LogP contribution in [0.1, 0.15) is 6.92 Å². The van der Waals surface area contributed by atoms with E-state index in [1.165, 1.54) is 4.52 Å². The maximum atomic E-state index is 11.3. The number of hydrogen-bond acceptors (Lipinski definition) is 5. The molecule has 0 fully saturated rings. The first-order valence-corrected chi connectivity index (χ1v) is 5.38. The molecule has 0 aliphatic rings. The van der Waals surface area contributed by atoms with Gasteiger partial charge >= 0.3 is 5.69 Å². The number of aromatic nitrogens is 4. The summed E-state index contributed by atoms with van der Waals surface area (Å²) in [6, 6.07) is 3.52. The van der Waals surface area contributed by atoms with Crippen molar-refractivity contribution in [3.05, 3.63) is 22.6 Å². The van der Waals surface area contributed by atoms with Crippen LogP contribution in [-0.2, 0) is 4.74 Å². The molecule has 1 unspecified atom stereocenters. The first kappa shape index (κ1) is 11.6. The summed E-state index contributed by atoms with van der Waals surface area (Å²) in [7, 11) is 1.67. The molecule has 0 saturated heterocycles. The summed E-state index contributed by atoms with van der Waals surface area (Å²) in [6.07, 6.45) is 0. The third-order valence-electron chi connectivity index (χ3n) is 2.36. The quantitative estimate of drug-likeness (QED) is 0.771. The predicted molar refractivity (Wildman–Crippen MR) is 63.1 cm³/mol. The molecule has 0 amide bonds. The lowest BCUT2D eigenvalue weighted by Gasteiger charge is -2.11. The molecule has 17 heavy (non-hydrogen) atoms. The number of rotatable bonds is 5. The van der Waals surface area contributed by atoms with E-state index in [0.29, 0.717) is 24.0 Å². The van der Waals surface area contributed by atoms with Gasteiger partial charge in [0.25, 0.3) is 0 Å². The van der Waals surface area contributed by atoms with E-state index in [2.05, 4.69) is 27.5 Å². The van der Waals surface area contributed by atoms with Crippen molar-refractivity contribution in [2.75, 3.05) is 25.6 Å². The number of nitrogens with one attached hydrogen (secondary N) is 2. The lowest BCUT2D eigenvalue weighted by molar-refractivity contribution is 0.164. The van der Waals surface area contributed by atoms with Crippen LogP contribution in [-0.4, -0.2) is 40.1 Å². The summed E-state index contributed by atoms with van der Waals surface area (Å²) in [6.45, 7) is 3.49. The van der Waals surface area contributed by atoms with Gasteiger partial charge < -0.3 is 10.1 Å². The Balaban J connectivity index is 2.08. The third-order valence-corrected chi connectivity index (χ3v) is 2.36. The number of aromatic amines is 1. The fourth-order valence-electron chi connectivity index (χ4n) is 1.52. The fraction of sp³-hybridized carbons (Fsp3) is 0.500. The fourth-order valence-corrected chi connectivity index (χ4v) is 1.52. The summed E-state index contributed by atoms with van der Waals surface area (Å²) < 4.78 is 6.26. The van der Waals surface area contributed by atoms with Crippen molar-refractivity contribution in [1.82, 2.24) is 19.8 Å². The van der Waals surface area contributed by atoms with Gasteiger partial charge in [-0.15, -0.1) is 5.10 Å². The Morgan fingerprint density at radius 3 is 3.18 bits per heavy atom. The molecule has 2 aromatic rings. The summed E-state index contributed by atoms with van der Waals surface area (Å²) in [5.41, 5.74) is 0.166. The van der Waals surface area contributed by atoms with Crippen LogP contribution >= 0.6 is 0 Å². The first-order valence-electron chi connectivity index (χ1n) is 5.38. The zero-order valence-electron chi connectivity index (χ0n) is 9.80. The summed E-state index contributed by atoms with van der Waals surface area (Å²) in [4.78, 5) is 11.3. The molecule has 0 aliphatic heterocycles. The minimum atomic E-state index is -0.339. The van der Waals surface area contributed by atoms with Gasteiger partial charge in [0, 0.05) is 13.7 Å². The monoisotopic (exact) mass is 237 g/mol. The van der Waals surface area contributed by atoms with Crippen LogP contribution in [0.15, 0.2) is 16.9 Å². The van der Waals surface area contributed by atoms with Gasteiger partial charge in [-0.2, -0.15) is 9.61 Å². The molecule has 0 aliphatic carbocycles. The van der Waals surface area contributed by atoms with Gasteiger partial charge in [-0.1, -0.05) is 6.92 Å². The second kappa shape index (κ2) is 4.96. The summed E-state index contributed by atoms with van der Waals surface area (Å²) in [5, 5.41) is 13.4. The van der Waals surface area contributed by atoms with Gasteiger partial charge in [0.2, 0.25) is 0 Å². The predicted octanol–water partition coefficient (Wildman–Crippen LogP) is 0.112. The molecule has 1 atom stereocenters. The average molecular weight is 237 g/mol. The zero-order valence-corrected chi connectivity index (χ0v) is 9.80. The lowest BCUT2D eigenvalue weighted by Crippen LogP contribution is -2.18. The standard InChI is InChI=1S/C10H15N5O2/c1-7(6-17-2)5-11-8-3-4-9-12-13-10(16)15(9)14-8/h3-4,7H,5-6H2,1-2H3,(H,11,14)(H,13,16). The molecular weight excluding hydrogens is 222 g/mol. The van der Waals surface area contributed by atoms with E-state index in [4.69, 9.17) is 4.74 Å². The number of ether oxygens (including phenoxy) is 1. The lowest BCUT2D eigenvalue weighted by atomic mass is 10.2. The van der Waals surface area contributed by atoms with Crippen LogP contribution < -0.4 is 11.0 Å². The normalized spacial score (nSPS) is 12.8. The average Bonchev–Trinajstić information content (AvgIpc) is 2.69. The van der Waals surface area contributed by atoms with Crippen LogP contribution in [0.3, 0.4) is 0 Å². The maximum Gasteiger partial charge on any atom is 0.364 e. The van der Waals surface area contributed by atoms with Crippen molar-refractivity contribution in [2.45, 2.75) is 6.92 Å². The maximum absolute atomic E-state index is 11.3. The van der Waals surface area contributed by atoms with Gasteiger partial charge in [0.05, 0.1) is 6.61 Å². The zero-order chi connectivity index (χ0) is 12.3. The molecule has 2 heterocycles. The minimum absolute atomic E-state index is 0.339. The molecule has 0 saturated carbocycles. The van der Waals surface area contributed by atoms with Crippen molar-refractivity contribution in [3.8, 4) is 0 Å². The highest BCUT2D eigenvalue weighted by molar-refractivity contribution is 5.42. The Bertz CT molecular complexity index is 547. The van der Waals surface area contributed by atoms with Crippen molar-refractivity contribution in [1.29, 1.82) is 0 Å². The third kappa shape index (κ3) is 2.62. The number of fused-ring (bicyclic) bond motifs is 1. The van der Waals surface area contributed by atoms with Crippen LogP contribution in [0.5, 0.6) is 0 Å². The van der Waals surface area contributed by atoms with Crippen LogP contribution in [0.2, 0.25) is 0 Å². The Hall–Kier alpha value is -1.89. The Kier molecular flexibility index (Phi) is 3.38. The van der Waals surface area contributed by atoms with Crippen LogP contribution in [0.25, 0.3) is 5.65 Å². The highest BCUT2D eigenvalue weighted by Crippen LogP contribution is 2.04. The van der Waals surface area contributed by atoms with E-state index in [0.717, 1.165) is 6.54 Å². The molecular formula is C10H15N5O2. The second-order valence-corrected chi connectivity index (χ2v) is 3.96. The summed E-state index contributed by atoms with van der Waals surface area (Å²) >= 11 is 0. The molecule has 0 radical (unpaired) electrons. The van der Waals surface area contributed by atoms with Crippen LogP contribution in [0.4, 0.5) is 5.82 Å². The molecule has 0 aromatic carbocycles. The molecule has 7 heteroatoms. The topological polar surface area (TPSA) is 84.3 Å². The van der Waals surface area contributed by atoms with E-state index in [1.54, 1.807) is 19.2 Å². The number of methoxy groups -OCH3 is 1. The Morgan fingerprint density at radius 2 is 2.41 bits per heavy atom. The van der Waals surface area contributed by atoms with Crippen LogP contribution in [0, 0.1) is 5.92 Å². The van der Waals surface area contributed by atoms with Crippen molar-refractivity contribution in [3.63, 3.8) is 0 Å². The number of H-pyrrole nitrogens is 1. The molecule has 2 N–H and O–H groups in total. The van der Waals surface area contributed by atoms with Crippen molar-refractivity contribution < 1.29 is 4.74 Å². The Labute approximate surface area is 97.8 Å². The number of hydrogen-bond donors (Lipinski definition) is 2. The Morgan fingerprint density at radius 1 is 1.59 bits per heavy atom. The molecule has 0 bridgehead atoms. The van der Waals surface area contributed by atoms with Crippen molar-refractivity contribution >= 4 is 11.5 Å². The number of anilines is 1. The number of nitrogens with zero attached hydrogens (tertiary/aromatic N) is 3. The molecule has 7 nitrogen and oxygen atoms in total.